The molecule has 118 valence electrons. The standard InChI is InChI=1S/C16H19F2N3O/c1-10-5-11(2)21(19-10)13-7-20(8-13)9-16(22)14-6-12(17)3-4-15(14)18/h3-6,13,16,22H,7-9H2,1-2H3/t16-/m1/s1. The lowest BCUT2D eigenvalue weighted by atomic mass is 10.0. The van der Waals surface area contributed by atoms with Gasteiger partial charge in [-0.15, -0.1) is 0 Å². The normalized spacial score (nSPS) is 17.5. The maximum atomic E-state index is 13.6. The van der Waals surface area contributed by atoms with E-state index in [9.17, 15) is 13.9 Å². The van der Waals surface area contributed by atoms with E-state index >= 15 is 0 Å². The van der Waals surface area contributed by atoms with Gasteiger partial charge in [0.2, 0.25) is 0 Å². The molecule has 0 saturated carbocycles. The van der Waals surface area contributed by atoms with Crippen molar-refractivity contribution in [3.63, 3.8) is 0 Å². The molecule has 3 rings (SSSR count). The molecule has 1 N–H and O–H groups in total. The molecule has 1 fully saturated rings. The third-order valence-corrected chi connectivity index (χ3v) is 4.08. The zero-order valence-electron chi connectivity index (χ0n) is 12.6. The lowest BCUT2D eigenvalue weighted by molar-refractivity contribution is 0.0379. The molecule has 0 bridgehead atoms. The highest BCUT2D eigenvalue weighted by Crippen LogP contribution is 2.26. The van der Waals surface area contributed by atoms with Crippen molar-refractivity contribution in [2.45, 2.75) is 26.0 Å². The molecule has 1 aliphatic heterocycles. The zero-order valence-corrected chi connectivity index (χ0v) is 12.6. The first-order valence-electron chi connectivity index (χ1n) is 7.32. The van der Waals surface area contributed by atoms with Crippen LogP contribution in [-0.4, -0.2) is 39.4 Å². The van der Waals surface area contributed by atoms with Gasteiger partial charge in [0.15, 0.2) is 0 Å². The van der Waals surface area contributed by atoms with E-state index < -0.39 is 17.7 Å². The third-order valence-electron chi connectivity index (χ3n) is 4.08. The molecule has 1 aliphatic rings. The Morgan fingerprint density at radius 1 is 1.27 bits per heavy atom. The number of hydrogen-bond acceptors (Lipinski definition) is 3. The minimum absolute atomic E-state index is 0.00886. The van der Waals surface area contributed by atoms with Crippen molar-refractivity contribution < 1.29 is 13.9 Å². The quantitative estimate of drug-likeness (QED) is 0.943. The minimum atomic E-state index is -1.03. The molecule has 0 spiro atoms. The van der Waals surface area contributed by atoms with E-state index in [0.717, 1.165) is 42.7 Å². The zero-order chi connectivity index (χ0) is 15.9. The molecule has 22 heavy (non-hydrogen) atoms. The highest BCUT2D eigenvalue weighted by Gasteiger charge is 2.31. The Bertz CT molecular complexity index is 680. The average molecular weight is 307 g/mol. The fraction of sp³-hybridized carbons (Fsp3) is 0.438. The predicted molar refractivity (Wildman–Crippen MR) is 78.5 cm³/mol. The van der Waals surface area contributed by atoms with Gasteiger partial charge in [-0.25, -0.2) is 8.78 Å². The largest absolute Gasteiger partial charge is 0.387 e. The highest BCUT2D eigenvalue weighted by atomic mass is 19.1. The van der Waals surface area contributed by atoms with Gasteiger partial charge in [0, 0.05) is 30.9 Å². The number of likely N-dealkylation sites (tertiary alicyclic amines) is 1. The molecule has 1 aromatic carbocycles. The fourth-order valence-electron chi connectivity index (χ4n) is 2.97. The van der Waals surface area contributed by atoms with Crippen LogP contribution in [0.15, 0.2) is 24.3 Å². The van der Waals surface area contributed by atoms with Gasteiger partial charge in [-0.3, -0.25) is 9.58 Å². The first-order valence-corrected chi connectivity index (χ1v) is 7.32. The van der Waals surface area contributed by atoms with Crippen LogP contribution in [0.4, 0.5) is 8.78 Å². The summed E-state index contributed by atoms with van der Waals surface area (Å²) in [5.74, 6) is -1.12. The van der Waals surface area contributed by atoms with Crippen molar-refractivity contribution in [3.8, 4) is 0 Å². The third kappa shape index (κ3) is 2.89. The first-order chi connectivity index (χ1) is 10.4. The van der Waals surface area contributed by atoms with E-state index in [0.29, 0.717) is 0 Å². The SMILES string of the molecule is Cc1cc(C)n(C2CN(C[C@@H](O)c3cc(F)ccc3F)C2)n1. The number of aryl methyl sites for hydroxylation is 2. The van der Waals surface area contributed by atoms with Crippen LogP contribution in [0.2, 0.25) is 0 Å². The lowest BCUT2D eigenvalue weighted by Gasteiger charge is -2.40. The number of benzene rings is 1. The molecular weight excluding hydrogens is 288 g/mol. The monoisotopic (exact) mass is 307 g/mol. The van der Waals surface area contributed by atoms with Crippen molar-refractivity contribution in [1.29, 1.82) is 0 Å². The number of hydrogen-bond donors (Lipinski definition) is 1. The van der Waals surface area contributed by atoms with E-state index in [4.69, 9.17) is 0 Å². The second-order valence-corrected chi connectivity index (χ2v) is 5.93. The van der Waals surface area contributed by atoms with E-state index in [1.165, 1.54) is 0 Å². The van der Waals surface area contributed by atoms with Gasteiger partial charge in [0.25, 0.3) is 0 Å². The maximum absolute atomic E-state index is 13.6. The van der Waals surface area contributed by atoms with Crippen LogP contribution in [0.5, 0.6) is 0 Å². The van der Waals surface area contributed by atoms with Crippen LogP contribution < -0.4 is 0 Å². The van der Waals surface area contributed by atoms with Gasteiger partial charge in [0.05, 0.1) is 17.8 Å². The number of rotatable bonds is 4. The van der Waals surface area contributed by atoms with E-state index in [-0.39, 0.29) is 18.2 Å². The number of aliphatic hydroxyl groups is 1. The van der Waals surface area contributed by atoms with Gasteiger partial charge in [0.1, 0.15) is 11.6 Å². The van der Waals surface area contributed by atoms with Crippen molar-refractivity contribution in [1.82, 2.24) is 14.7 Å². The summed E-state index contributed by atoms with van der Waals surface area (Å²) in [5.41, 5.74) is 2.10. The summed E-state index contributed by atoms with van der Waals surface area (Å²) in [6.45, 7) is 5.75. The molecule has 0 radical (unpaired) electrons. The second-order valence-electron chi connectivity index (χ2n) is 5.93. The van der Waals surface area contributed by atoms with Crippen molar-refractivity contribution >= 4 is 0 Å². The molecule has 2 aromatic rings. The Morgan fingerprint density at radius 2 is 2.00 bits per heavy atom. The minimum Gasteiger partial charge on any atom is -0.387 e. The summed E-state index contributed by atoms with van der Waals surface area (Å²) < 4.78 is 28.8. The number of aliphatic hydroxyl groups excluding tert-OH is 1. The van der Waals surface area contributed by atoms with Gasteiger partial charge in [-0.2, -0.15) is 5.10 Å². The summed E-state index contributed by atoms with van der Waals surface area (Å²) in [5, 5.41) is 14.6. The van der Waals surface area contributed by atoms with E-state index in [1.807, 2.05) is 29.5 Å². The number of nitrogens with zero attached hydrogens (tertiary/aromatic N) is 3. The summed E-state index contributed by atoms with van der Waals surface area (Å²) in [7, 11) is 0. The molecule has 4 nitrogen and oxygen atoms in total. The Kier molecular flexibility index (Phi) is 3.97. The van der Waals surface area contributed by atoms with Crippen LogP contribution in [0.3, 0.4) is 0 Å². The Hall–Kier alpha value is -1.79. The summed E-state index contributed by atoms with van der Waals surface area (Å²) in [6.07, 6.45) is -1.03. The van der Waals surface area contributed by atoms with E-state index in [2.05, 4.69) is 5.10 Å². The van der Waals surface area contributed by atoms with E-state index in [1.54, 1.807) is 0 Å². The number of halogens is 2. The molecule has 0 unspecified atom stereocenters. The second kappa shape index (κ2) is 5.78. The molecule has 6 heteroatoms. The first kappa shape index (κ1) is 15.1. The lowest BCUT2D eigenvalue weighted by Crippen LogP contribution is -2.49. The molecule has 1 atom stereocenters. The van der Waals surface area contributed by atoms with Crippen LogP contribution in [0.25, 0.3) is 0 Å². The Balaban J connectivity index is 1.60. The predicted octanol–water partition coefficient (Wildman–Crippen LogP) is 2.37. The van der Waals surface area contributed by atoms with Gasteiger partial charge < -0.3 is 5.11 Å². The van der Waals surface area contributed by atoms with Crippen LogP contribution in [0.1, 0.15) is 29.1 Å². The highest BCUT2D eigenvalue weighted by molar-refractivity contribution is 5.21. The number of aromatic nitrogens is 2. The summed E-state index contributed by atoms with van der Waals surface area (Å²) >= 11 is 0. The van der Waals surface area contributed by atoms with Crippen molar-refractivity contribution in [2.75, 3.05) is 19.6 Å². The molecule has 0 amide bonds. The van der Waals surface area contributed by atoms with Crippen molar-refractivity contribution in [3.05, 3.63) is 52.9 Å². The van der Waals surface area contributed by atoms with Gasteiger partial charge in [-0.1, -0.05) is 0 Å². The maximum Gasteiger partial charge on any atom is 0.129 e. The summed E-state index contributed by atoms with van der Waals surface area (Å²) in [6, 6.07) is 5.45. The van der Waals surface area contributed by atoms with Crippen LogP contribution >= 0.6 is 0 Å². The molecule has 0 aliphatic carbocycles. The fourth-order valence-corrected chi connectivity index (χ4v) is 2.97. The Morgan fingerprint density at radius 3 is 2.64 bits per heavy atom. The van der Waals surface area contributed by atoms with Crippen molar-refractivity contribution in [2.24, 2.45) is 0 Å². The summed E-state index contributed by atoms with van der Waals surface area (Å²) in [4.78, 5) is 2.01. The van der Waals surface area contributed by atoms with Gasteiger partial charge in [-0.05, 0) is 38.1 Å². The average Bonchev–Trinajstić information content (AvgIpc) is 2.74. The topological polar surface area (TPSA) is 41.3 Å². The molecule has 1 saturated heterocycles. The van der Waals surface area contributed by atoms with Gasteiger partial charge >= 0.3 is 0 Å². The van der Waals surface area contributed by atoms with Crippen LogP contribution in [-0.2, 0) is 0 Å². The Labute approximate surface area is 128 Å². The number of β-amino-alcohol motifs (C(OH)–C–C–N with tert-alkyl or cyclic N) is 1. The molecular formula is C16H19F2N3O. The molecule has 1 aromatic heterocycles. The molecule has 2 heterocycles. The smallest absolute Gasteiger partial charge is 0.129 e. The van der Waals surface area contributed by atoms with Crippen LogP contribution in [0, 0.1) is 25.5 Å².